The van der Waals surface area contributed by atoms with Crippen molar-refractivity contribution in [3.05, 3.63) is 27.8 Å². The number of carbonyl (C=O) groups excluding carboxylic acids is 1. The summed E-state index contributed by atoms with van der Waals surface area (Å²) in [6, 6.07) is 8.28. The Balaban J connectivity index is 1.86. The predicted molar refractivity (Wildman–Crippen MR) is 74.6 cm³/mol. The van der Waals surface area contributed by atoms with Gasteiger partial charge in [-0.15, -0.1) is 0 Å². The summed E-state index contributed by atoms with van der Waals surface area (Å²) < 4.78 is 1.23. The average molecular weight is 329 g/mol. The first-order valence-corrected chi connectivity index (χ1v) is 6.86. The summed E-state index contributed by atoms with van der Waals surface area (Å²) in [5.74, 6) is 0.664. The normalized spacial score (nSPS) is 20.8. The molecule has 2 rings (SSSR count). The quantitative estimate of drug-likeness (QED) is 0.861. The molecular formula is C13H16INO. The molecule has 1 fully saturated rings. The Bertz CT molecular complexity index is 361. The summed E-state index contributed by atoms with van der Waals surface area (Å²) in [6.07, 6.45) is 4.11. The van der Waals surface area contributed by atoms with Crippen LogP contribution in [0.2, 0.25) is 0 Å². The lowest BCUT2D eigenvalue weighted by molar-refractivity contribution is -0.124. The Hall–Kier alpha value is -0.580. The molecule has 1 atom stereocenters. The highest BCUT2D eigenvalue weighted by molar-refractivity contribution is 14.1. The van der Waals surface area contributed by atoms with Crippen LogP contribution in [0.4, 0.5) is 5.69 Å². The molecule has 0 amide bonds. The molecule has 0 aliphatic heterocycles. The molecule has 0 saturated heterocycles. The van der Waals surface area contributed by atoms with E-state index < -0.39 is 0 Å². The fourth-order valence-electron chi connectivity index (χ4n) is 2.08. The van der Waals surface area contributed by atoms with Crippen molar-refractivity contribution < 1.29 is 4.79 Å². The van der Waals surface area contributed by atoms with E-state index in [0.29, 0.717) is 5.78 Å². The summed E-state index contributed by atoms with van der Waals surface area (Å²) in [6.45, 7) is 0.791. The highest BCUT2D eigenvalue weighted by Crippen LogP contribution is 2.21. The highest BCUT2D eigenvalue weighted by Gasteiger charge is 2.21. The zero-order chi connectivity index (χ0) is 11.4. The second-order valence-corrected chi connectivity index (χ2v) is 5.54. The molecule has 1 aliphatic carbocycles. The molecule has 0 bridgehead atoms. The zero-order valence-corrected chi connectivity index (χ0v) is 11.4. The van der Waals surface area contributed by atoms with E-state index in [9.17, 15) is 4.79 Å². The third-order valence-corrected chi connectivity index (χ3v) is 3.80. The Kier molecular flexibility index (Phi) is 4.21. The number of Topliss-reactive ketones (excluding diaryl/α,β-unsaturated/α-hetero) is 1. The van der Waals surface area contributed by atoms with Gasteiger partial charge in [-0.05, 0) is 59.7 Å². The molecule has 1 N–H and O–H groups in total. The van der Waals surface area contributed by atoms with Gasteiger partial charge in [0.15, 0.2) is 0 Å². The number of benzene rings is 1. The number of ketones is 1. The Labute approximate surface area is 110 Å². The predicted octanol–water partition coefficient (Wildman–Crippen LogP) is 3.46. The third-order valence-electron chi connectivity index (χ3n) is 3.08. The van der Waals surface area contributed by atoms with Gasteiger partial charge in [-0.3, -0.25) is 4.79 Å². The summed E-state index contributed by atoms with van der Waals surface area (Å²) in [5.41, 5.74) is 1.11. The van der Waals surface area contributed by atoms with E-state index in [2.05, 4.69) is 52.2 Å². The van der Waals surface area contributed by atoms with Crippen LogP contribution in [0.1, 0.15) is 25.7 Å². The van der Waals surface area contributed by atoms with Gasteiger partial charge in [0.05, 0.1) is 0 Å². The topological polar surface area (TPSA) is 29.1 Å². The number of carbonyl (C=O) groups is 1. The van der Waals surface area contributed by atoms with E-state index in [-0.39, 0.29) is 5.92 Å². The van der Waals surface area contributed by atoms with E-state index in [1.54, 1.807) is 0 Å². The number of nitrogens with one attached hydrogen (secondary N) is 1. The highest BCUT2D eigenvalue weighted by atomic mass is 127. The van der Waals surface area contributed by atoms with Crippen molar-refractivity contribution in [1.82, 2.24) is 0 Å². The molecule has 16 heavy (non-hydrogen) atoms. The fourth-order valence-corrected chi connectivity index (χ4v) is 2.44. The minimum absolute atomic E-state index is 0.230. The van der Waals surface area contributed by atoms with E-state index >= 15 is 0 Å². The molecule has 0 unspecified atom stereocenters. The number of halogens is 1. The molecular weight excluding hydrogens is 313 g/mol. The molecule has 0 aromatic heterocycles. The zero-order valence-electron chi connectivity index (χ0n) is 9.21. The SMILES string of the molecule is O=C1CCCC[C@H]1CNc1ccc(I)cc1. The maximum Gasteiger partial charge on any atom is 0.137 e. The number of hydrogen-bond acceptors (Lipinski definition) is 2. The van der Waals surface area contributed by atoms with E-state index in [0.717, 1.165) is 31.5 Å². The van der Waals surface area contributed by atoms with Crippen LogP contribution in [0.15, 0.2) is 24.3 Å². The number of anilines is 1. The van der Waals surface area contributed by atoms with Gasteiger partial charge in [0.25, 0.3) is 0 Å². The lowest BCUT2D eigenvalue weighted by Gasteiger charge is -2.21. The van der Waals surface area contributed by atoms with Crippen molar-refractivity contribution in [2.45, 2.75) is 25.7 Å². The molecule has 0 radical (unpaired) electrons. The van der Waals surface area contributed by atoms with Crippen LogP contribution in [0.25, 0.3) is 0 Å². The van der Waals surface area contributed by atoms with Gasteiger partial charge in [-0.25, -0.2) is 0 Å². The Morgan fingerprint density at radius 2 is 2.00 bits per heavy atom. The number of rotatable bonds is 3. The van der Waals surface area contributed by atoms with E-state index in [4.69, 9.17) is 0 Å². The third kappa shape index (κ3) is 3.20. The number of hydrogen-bond donors (Lipinski definition) is 1. The van der Waals surface area contributed by atoms with Crippen LogP contribution >= 0.6 is 22.6 Å². The molecule has 86 valence electrons. The first kappa shape index (κ1) is 11.9. The van der Waals surface area contributed by atoms with Gasteiger partial charge < -0.3 is 5.32 Å². The van der Waals surface area contributed by atoms with Gasteiger partial charge in [-0.1, -0.05) is 6.42 Å². The average Bonchev–Trinajstić information content (AvgIpc) is 2.30. The molecule has 3 heteroatoms. The van der Waals surface area contributed by atoms with Crippen LogP contribution < -0.4 is 5.32 Å². The molecule has 1 aliphatic rings. The summed E-state index contributed by atoms with van der Waals surface area (Å²) in [4.78, 5) is 11.6. The van der Waals surface area contributed by atoms with Crippen molar-refractivity contribution >= 4 is 34.1 Å². The van der Waals surface area contributed by atoms with Gasteiger partial charge in [0.2, 0.25) is 0 Å². The largest absolute Gasteiger partial charge is 0.384 e. The minimum atomic E-state index is 0.230. The van der Waals surface area contributed by atoms with Crippen molar-refractivity contribution in [3.8, 4) is 0 Å². The fraction of sp³-hybridized carbons (Fsp3) is 0.462. The van der Waals surface area contributed by atoms with Crippen molar-refractivity contribution in [3.63, 3.8) is 0 Å². The van der Waals surface area contributed by atoms with Crippen LogP contribution in [0, 0.1) is 9.49 Å². The van der Waals surface area contributed by atoms with Crippen LogP contribution in [-0.4, -0.2) is 12.3 Å². The molecule has 0 spiro atoms. The molecule has 1 saturated carbocycles. The van der Waals surface area contributed by atoms with Crippen LogP contribution in [0.3, 0.4) is 0 Å². The van der Waals surface area contributed by atoms with Crippen molar-refractivity contribution in [2.24, 2.45) is 5.92 Å². The molecule has 0 heterocycles. The van der Waals surface area contributed by atoms with E-state index in [1.807, 2.05) is 0 Å². The van der Waals surface area contributed by atoms with Crippen molar-refractivity contribution in [1.29, 1.82) is 0 Å². The molecule has 1 aromatic carbocycles. The summed E-state index contributed by atoms with van der Waals surface area (Å²) in [5, 5.41) is 3.35. The lowest BCUT2D eigenvalue weighted by Crippen LogP contribution is -2.26. The van der Waals surface area contributed by atoms with Gasteiger partial charge in [0, 0.05) is 28.1 Å². The maximum atomic E-state index is 11.6. The molecule has 2 nitrogen and oxygen atoms in total. The van der Waals surface area contributed by atoms with Crippen molar-refractivity contribution in [2.75, 3.05) is 11.9 Å². The smallest absolute Gasteiger partial charge is 0.137 e. The van der Waals surface area contributed by atoms with Gasteiger partial charge in [-0.2, -0.15) is 0 Å². The Morgan fingerprint density at radius 1 is 1.25 bits per heavy atom. The van der Waals surface area contributed by atoms with E-state index in [1.165, 1.54) is 9.99 Å². The van der Waals surface area contributed by atoms with Crippen LogP contribution in [-0.2, 0) is 4.79 Å². The second-order valence-electron chi connectivity index (χ2n) is 4.30. The van der Waals surface area contributed by atoms with Crippen LogP contribution in [0.5, 0.6) is 0 Å². The summed E-state index contributed by atoms with van der Waals surface area (Å²) >= 11 is 2.29. The monoisotopic (exact) mass is 329 g/mol. The lowest BCUT2D eigenvalue weighted by atomic mass is 9.88. The van der Waals surface area contributed by atoms with Gasteiger partial charge >= 0.3 is 0 Å². The second kappa shape index (κ2) is 5.66. The van der Waals surface area contributed by atoms with Gasteiger partial charge in [0.1, 0.15) is 5.78 Å². The minimum Gasteiger partial charge on any atom is -0.384 e. The molecule has 1 aromatic rings. The Morgan fingerprint density at radius 3 is 2.69 bits per heavy atom. The first-order chi connectivity index (χ1) is 7.75. The maximum absolute atomic E-state index is 11.6. The standard InChI is InChI=1S/C13H16INO/c14-11-5-7-12(8-6-11)15-9-10-3-1-2-4-13(10)16/h5-8,10,15H,1-4,9H2/t10-/m0/s1. The first-order valence-electron chi connectivity index (χ1n) is 5.78. The summed E-state index contributed by atoms with van der Waals surface area (Å²) in [7, 11) is 0.